The molecular formula is C17H15N3O4S. The number of aromatic nitrogens is 1. The van der Waals surface area contributed by atoms with Crippen molar-refractivity contribution in [3.63, 3.8) is 0 Å². The first-order chi connectivity index (χ1) is 11.9. The Hall–Kier alpha value is -2.97. The first-order valence-electron chi connectivity index (χ1n) is 7.26. The molecule has 3 rings (SSSR count). The van der Waals surface area contributed by atoms with E-state index in [0.717, 1.165) is 5.39 Å². The van der Waals surface area contributed by atoms with Crippen molar-refractivity contribution in [2.45, 2.75) is 4.90 Å². The number of fused-ring (bicyclic) bond motifs is 1. The Morgan fingerprint density at radius 3 is 2.64 bits per heavy atom. The van der Waals surface area contributed by atoms with Gasteiger partial charge in [-0.15, -0.1) is 0 Å². The molecule has 0 atom stereocenters. The smallest absolute Gasteiger partial charge is 0.255 e. The molecule has 3 N–H and O–H groups in total. The summed E-state index contributed by atoms with van der Waals surface area (Å²) < 4.78 is 28.3. The third kappa shape index (κ3) is 3.44. The molecular weight excluding hydrogens is 342 g/mol. The number of carbonyl (C=O) groups excluding carboxylic acids is 1. The Kier molecular flexibility index (Phi) is 4.39. The molecule has 1 amide bonds. The highest BCUT2D eigenvalue weighted by molar-refractivity contribution is 7.89. The molecule has 0 fully saturated rings. The van der Waals surface area contributed by atoms with Gasteiger partial charge in [-0.3, -0.25) is 9.78 Å². The highest BCUT2D eigenvalue weighted by Crippen LogP contribution is 2.25. The molecule has 7 nitrogen and oxygen atoms in total. The van der Waals surface area contributed by atoms with E-state index in [0.29, 0.717) is 11.2 Å². The van der Waals surface area contributed by atoms with Crippen LogP contribution < -0.4 is 15.2 Å². The second-order valence-electron chi connectivity index (χ2n) is 5.25. The quantitative estimate of drug-likeness (QED) is 0.743. The van der Waals surface area contributed by atoms with Gasteiger partial charge in [-0.05, 0) is 30.3 Å². The van der Waals surface area contributed by atoms with Crippen molar-refractivity contribution in [2.24, 2.45) is 5.14 Å². The maximum atomic E-state index is 12.5. The maximum Gasteiger partial charge on any atom is 0.255 e. The number of carbonyl (C=O) groups is 1. The van der Waals surface area contributed by atoms with Crippen LogP contribution in [-0.2, 0) is 10.0 Å². The highest BCUT2D eigenvalue weighted by atomic mass is 32.2. The summed E-state index contributed by atoms with van der Waals surface area (Å²) in [5.74, 6) is -0.406. The van der Waals surface area contributed by atoms with Crippen molar-refractivity contribution >= 4 is 32.5 Å². The van der Waals surface area contributed by atoms with E-state index >= 15 is 0 Å². The summed E-state index contributed by atoms with van der Waals surface area (Å²) in [6.07, 6.45) is 1.63. The van der Waals surface area contributed by atoms with Crippen LogP contribution in [-0.4, -0.2) is 26.4 Å². The van der Waals surface area contributed by atoms with Gasteiger partial charge in [0.1, 0.15) is 10.6 Å². The van der Waals surface area contributed by atoms with Crippen LogP contribution in [0.4, 0.5) is 5.69 Å². The van der Waals surface area contributed by atoms with Gasteiger partial charge >= 0.3 is 0 Å². The lowest BCUT2D eigenvalue weighted by Crippen LogP contribution is -2.17. The summed E-state index contributed by atoms with van der Waals surface area (Å²) in [6.45, 7) is 0. The number of ether oxygens (including phenoxy) is 1. The Morgan fingerprint density at radius 2 is 1.92 bits per heavy atom. The predicted octanol–water partition coefficient (Wildman–Crippen LogP) is 2.14. The summed E-state index contributed by atoms with van der Waals surface area (Å²) in [6, 6.07) is 13.1. The van der Waals surface area contributed by atoms with Gasteiger partial charge in [-0.2, -0.15) is 0 Å². The summed E-state index contributed by atoms with van der Waals surface area (Å²) in [7, 11) is -2.70. The molecule has 0 aliphatic carbocycles. The first-order valence-corrected chi connectivity index (χ1v) is 8.81. The summed E-state index contributed by atoms with van der Waals surface area (Å²) >= 11 is 0. The molecule has 2 aromatic carbocycles. The van der Waals surface area contributed by atoms with Gasteiger partial charge < -0.3 is 10.1 Å². The molecule has 0 saturated carbocycles. The van der Waals surface area contributed by atoms with Gasteiger partial charge in [0.2, 0.25) is 10.0 Å². The van der Waals surface area contributed by atoms with Crippen LogP contribution in [0, 0.1) is 0 Å². The van der Waals surface area contributed by atoms with Gasteiger partial charge in [-0.1, -0.05) is 18.2 Å². The van der Waals surface area contributed by atoms with Crippen LogP contribution in [0.5, 0.6) is 5.75 Å². The predicted molar refractivity (Wildman–Crippen MR) is 94.1 cm³/mol. The van der Waals surface area contributed by atoms with E-state index in [1.807, 2.05) is 12.1 Å². The second kappa shape index (κ2) is 6.50. The molecule has 1 aromatic heterocycles. The number of nitrogens with two attached hydrogens (primary N) is 1. The number of para-hydroxylation sites is 1. The molecule has 8 heteroatoms. The van der Waals surface area contributed by atoms with E-state index in [2.05, 4.69) is 10.3 Å². The molecule has 0 unspecified atom stereocenters. The van der Waals surface area contributed by atoms with Crippen LogP contribution >= 0.6 is 0 Å². The summed E-state index contributed by atoms with van der Waals surface area (Å²) in [5.41, 5.74) is 1.30. The minimum absolute atomic E-state index is 0.0749. The number of nitrogens with zero attached hydrogens (tertiary/aromatic N) is 1. The van der Waals surface area contributed by atoms with E-state index in [1.54, 1.807) is 24.4 Å². The minimum Gasteiger partial charge on any atom is -0.495 e. The third-order valence-electron chi connectivity index (χ3n) is 3.61. The van der Waals surface area contributed by atoms with Gasteiger partial charge in [-0.25, -0.2) is 13.6 Å². The van der Waals surface area contributed by atoms with Crippen molar-refractivity contribution in [3.05, 3.63) is 60.3 Å². The van der Waals surface area contributed by atoms with Crippen LogP contribution in [0.3, 0.4) is 0 Å². The molecule has 0 bridgehead atoms. The normalized spacial score (nSPS) is 11.3. The second-order valence-corrected chi connectivity index (χ2v) is 6.78. The molecule has 3 aromatic rings. The molecule has 0 saturated heterocycles. The number of methoxy groups -OCH3 is 1. The molecule has 0 aliphatic heterocycles. The Labute approximate surface area is 144 Å². The van der Waals surface area contributed by atoms with Gasteiger partial charge in [0.05, 0.1) is 18.3 Å². The number of nitrogens with one attached hydrogen (secondary N) is 1. The first kappa shape index (κ1) is 16.9. The van der Waals surface area contributed by atoms with Crippen molar-refractivity contribution in [1.82, 2.24) is 4.98 Å². The molecule has 1 heterocycles. The zero-order valence-electron chi connectivity index (χ0n) is 13.3. The van der Waals surface area contributed by atoms with E-state index in [-0.39, 0.29) is 16.2 Å². The number of primary sulfonamides is 1. The number of benzene rings is 2. The number of amides is 1. The molecule has 128 valence electrons. The fourth-order valence-corrected chi connectivity index (χ4v) is 3.16. The summed E-state index contributed by atoms with van der Waals surface area (Å²) in [5, 5.41) is 8.79. The van der Waals surface area contributed by atoms with Crippen LogP contribution in [0.2, 0.25) is 0 Å². The van der Waals surface area contributed by atoms with Gasteiger partial charge in [0.15, 0.2) is 0 Å². The highest BCUT2D eigenvalue weighted by Gasteiger charge is 2.18. The summed E-state index contributed by atoms with van der Waals surface area (Å²) in [4.78, 5) is 16.5. The topological polar surface area (TPSA) is 111 Å². The van der Waals surface area contributed by atoms with E-state index < -0.39 is 15.9 Å². The minimum atomic E-state index is -4.03. The number of hydrogen-bond acceptors (Lipinski definition) is 5. The van der Waals surface area contributed by atoms with Crippen LogP contribution in [0.25, 0.3) is 10.9 Å². The Bertz CT molecular complexity index is 1060. The molecule has 25 heavy (non-hydrogen) atoms. The van der Waals surface area contributed by atoms with Crippen LogP contribution in [0.1, 0.15) is 10.4 Å². The number of rotatable bonds is 4. The lowest BCUT2D eigenvalue weighted by molar-refractivity contribution is 0.102. The molecule has 0 aliphatic rings. The average molecular weight is 357 g/mol. The fraction of sp³-hybridized carbons (Fsp3) is 0.0588. The van der Waals surface area contributed by atoms with Crippen LogP contribution in [0.15, 0.2) is 59.6 Å². The monoisotopic (exact) mass is 357 g/mol. The zero-order valence-corrected chi connectivity index (χ0v) is 14.1. The van der Waals surface area contributed by atoms with Crippen molar-refractivity contribution < 1.29 is 17.9 Å². The lowest BCUT2D eigenvalue weighted by Gasteiger charge is -2.11. The van der Waals surface area contributed by atoms with Crippen molar-refractivity contribution in [2.75, 3.05) is 12.4 Å². The zero-order chi connectivity index (χ0) is 18.0. The third-order valence-corrected chi connectivity index (χ3v) is 4.55. The molecule has 0 spiro atoms. The number of hydrogen-bond donors (Lipinski definition) is 2. The average Bonchev–Trinajstić information content (AvgIpc) is 2.60. The van der Waals surface area contributed by atoms with E-state index in [9.17, 15) is 13.2 Å². The fourth-order valence-electron chi connectivity index (χ4n) is 2.44. The standard InChI is InChI=1S/C17H15N3O4S/c1-24-14-8-7-12(10-15(14)25(18,22)23)17(21)20-13-6-2-4-11-5-3-9-19-16(11)13/h2-10H,1H3,(H,20,21)(H2,18,22,23). The lowest BCUT2D eigenvalue weighted by atomic mass is 10.1. The Balaban J connectivity index is 1.99. The van der Waals surface area contributed by atoms with Gasteiger partial charge in [0, 0.05) is 17.1 Å². The van der Waals surface area contributed by atoms with Crippen molar-refractivity contribution in [3.8, 4) is 5.75 Å². The van der Waals surface area contributed by atoms with E-state index in [1.165, 1.54) is 25.3 Å². The molecule has 0 radical (unpaired) electrons. The SMILES string of the molecule is COc1ccc(C(=O)Nc2cccc3cccnc23)cc1S(N)(=O)=O. The number of anilines is 1. The number of sulfonamides is 1. The Morgan fingerprint density at radius 1 is 1.16 bits per heavy atom. The number of pyridine rings is 1. The van der Waals surface area contributed by atoms with Crippen molar-refractivity contribution in [1.29, 1.82) is 0 Å². The largest absolute Gasteiger partial charge is 0.495 e. The van der Waals surface area contributed by atoms with Gasteiger partial charge in [0.25, 0.3) is 5.91 Å². The van der Waals surface area contributed by atoms with E-state index in [4.69, 9.17) is 9.88 Å². The maximum absolute atomic E-state index is 12.5.